The smallest absolute Gasteiger partial charge is 0.315 e. The minimum atomic E-state index is -0.192. The number of anilines is 1. The minimum Gasteiger partial charge on any atom is -0.393 e. The lowest BCUT2D eigenvalue weighted by atomic mass is 9.93. The first-order valence-corrected chi connectivity index (χ1v) is 9.27. The van der Waals surface area contributed by atoms with Gasteiger partial charge in [0.05, 0.1) is 6.10 Å². The van der Waals surface area contributed by atoms with Gasteiger partial charge in [-0.1, -0.05) is 18.2 Å². The third-order valence-corrected chi connectivity index (χ3v) is 5.16. The van der Waals surface area contributed by atoms with Gasteiger partial charge in [-0.3, -0.25) is 0 Å². The maximum atomic E-state index is 12.2. The fourth-order valence-corrected chi connectivity index (χ4v) is 3.74. The molecule has 132 valence electrons. The molecule has 1 saturated carbocycles. The van der Waals surface area contributed by atoms with Gasteiger partial charge in [0.2, 0.25) is 0 Å². The number of hydrogen-bond donors (Lipinski definition) is 3. The first-order valence-electron chi connectivity index (χ1n) is 9.27. The maximum absolute atomic E-state index is 12.2. The third-order valence-electron chi connectivity index (χ3n) is 5.16. The standard InChI is InChI=1S/C19H29N3O2/c23-17-10-8-16(9-11-17)21-19(24)20-14-15-6-2-3-7-18(15)22-12-4-1-5-13-22/h2-3,6-7,16-17,23H,1,4-5,8-14H2,(H2,20,21,24). The fraction of sp³-hybridized carbons (Fsp3) is 0.632. The van der Waals surface area contributed by atoms with Crippen LogP contribution in [0.25, 0.3) is 0 Å². The average molecular weight is 331 g/mol. The van der Waals surface area contributed by atoms with Crippen LogP contribution in [-0.4, -0.2) is 36.4 Å². The van der Waals surface area contributed by atoms with Gasteiger partial charge in [0.25, 0.3) is 0 Å². The summed E-state index contributed by atoms with van der Waals surface area (Å²) in [6, 6.07) is 8.44. The van der Waals surface area contributed by atoms with Crippen LogP contribution >= 0.6 is 0 Å². The molecule has 0 unspecified atom stereocenters. The van der Waals surface area contributed by atoms with Crippen molar-refractivity contribution in [3.63, 3.8) is 0 Å². The van der Waals surface area contributed by atoms with E-state index in [1.54, 1.807) is 0 Å². The molecule has 5 nitrogen and oxygen atoms in total. The molecule has 5 heteroatoms. The number of para-hydroxylation sites is 1. The van der Waals surface area contributed by atoms with E-state index in [9.17, 15) is 9.90 Å². The zero-order chi connectivity index (χ0) is 16.8. The Hall–Kier alpha value is -1.75. The van der Waals surface area contributed by atoms with Gasteiger partial charge in [-0.2, -0.15) is 0 Å². The highest BCUT2D eigenvalue weighted by Gasteiger charge is 2.21. The topological polar surface area (TPSA) is 64.6 Å². The van der Waals surface area contributed by atoms with Gasteiger partial charge < -0.3 is 20.6 Å². The number of amides is 2. The number of rotatable bonds is 4. The first-order chi connectivity index (χ1) is 11.7. The van der Waals surface area contributed by atoms with Crippen LogP contribution in [0.1, 0.15) is 50.5 Å². The number of nitrogens with one attached hydrogen (secondary N) is 2. The summed E-state index contributed by atoms with van der Waals surface area (Å²) in [4.78, 5) is 14.6. The largest absolute Gasteiger partial charge is 0.393 e. The Kier molecular flexibility index (Phi) is 5.96. The second kappa shape index (κ2) is 8.38. The lowest BCUT2D eigenvalue weighted by Gasteiger charge is -2.31. The molecule has 1 heterocycles. The highest BCUT2D eigenvalue weighted by Crippen LogP contribution is 2.24. The third kappa shape index (κ3) is 4.63. The lowest BCUT2D eigenvalue weighted by Crippen LogP contribution is -2.44. The molecule has 2 aliphatic rings. The van der Waals surface area contributed by atoms with Crippen molar-refractivity contribution in [3.8, 4) is 0 Å². The van der Waals surface area contributed by atoms with Crippen LogP contribution < -0.4 is 15.5 Å². The van der Waals surface area contributed by atoms with Crippen molar-refractivity contribution in [1.29, 1.82) is 0 Å². The molecule has 1 saturated heterocycles. The molecule has 1 aliphatic carbocycles. The number of nitrogens with zero attached hydrogens (tertiary/aromatic N) is 1. The van der Waals surface area contributed by atoms with Crippen LogP contribution in [-0.2, 0) is 6.54 Å². The van der Waals surface area contributed by atoms with E-state index in [1.165, 1.54) is 30.5 Å². The zero-order valence-corrected chi connectivity index (χ0v) is 14.3. The van der Waals surface area contributed by atoms with Gasteiger partial charge in [0, 0.05) is 31.4 Å². The summed E-state index contributed by atoms with van der Waals surface area (Å²) >= 11 is 0. The van der Waals surface area contributed by atoms with Crippen LogP contribution in [0.5, 0.6) is 0 Å². The molecule has 2 fully saturated rings. The molecule has 3 N–H and O–H groups in total. The number of piperidine rings is 1. The molecule has 0 radical (unpaired) electrons. The number of carbonyl (C=O) groups excluding carboxylic acids is 1. The van der Waals surface area contributed by atoms with Gasteiger partial charge in [0.1, 0.15) is 0 Å². The summed E-state index contributed by atoms with van der Waals surface area (Å²) in [6.07, 6.45) is 6.90. The minimum absolute atomic E-state index is 0.107. The summed E-state index contributed by atoms with van der Waals surface area (Å²) in [7, 11) is 0. The Morgan fingerprint density at radius 3 is 2.54 bits per heavy atom. The number of aliphatic hydroxyl groups is 1. The Labute approximate surface area is 144 Å². The predicted molar refractivity (Wildman–Crippen MR) is 96.1 cm³/mol. The van der Waals surface area contributed by atoms with Crippen LogP contribution in [0.2, 0.25) is 0 Å². The Balaban J connectivity index is 1.51. The molecule has 0 spiro atoms. The van der Waals surface area contributed by atoms with Crippen LogP contribution in [0.4, 0.5) is 10.5 Å². The van der Waals surface area contributed by atoms with E-state index < -0.39 is 0 Å². The number of carbonyl (C=O) groups is 1. The molecule has 0 bridgehead atoms. The molecule has 24 heavy (non-hydrogen) atoms. The van der Waals surface area contributed by atoms with Crippen molar-refractivity contribution in [2.45, 2.75) is 63.6 Å². The first kappa shape index (κ1) is 17.1. The summed E-state index contributed by atoms with van der Waals surface area (Å²) in [5.74, 6) is 0. The number of aliphatic hydroxyl groups excluding tert-OH is 1. The van der Waals surface area contributed by atoms with Crippen LogP contribution in [0, 0.1) is 0 Å². The quantitative estimate of drug-likeness (QED) is 0.795. The summed E-state index contributed by atoms with van der Waals surface area (Å²) in [5.41, 5.74) is 2.42. The molecule has 1 aliphatic heterocycles. The van der Waals surface area contributed by atoms with Gasteiger partial charge in [-0.25, -0.2) is 4.79 Å². The molecular formula is C19H29N3O2. The normalized spacial score (nSPS) is 24.5. The van der Waals surface area contributed by atoms with E-state index in [-0.39, 0.29) is 18.2 Å². The molecule has 3 rings (SSSR count). The number of benzene rings is 1. The number of hydrogen-bond acceptors (Lipinski definition) is 3. The lowest BCUT2D eigenvalue weighted by molar-refractivity contribution is 0.117. The van der Waals surface area contributed by atoms with Crippen LogP contribution in [0.15, 0.2) is 24.3 Å². The van der Waals surface area contributed by atoms with Crippen molar-refractivity contribution >= 4 is 11.7 Å². The van der Waals surface area contributed by atoms with Crippen molar-refractivity contribution < 1.29 is 9.90 Å². The zero-order valence-electron chi connectivity index (χ0n) is 14.3. The van der Waals surface area contributed by atoms with Crippen molar-refractivity contribution in [2.24, 2.45) is 0 Å². The summed E-state index contributed by atoms with van der Waals surface area (Å²) in [6.45, 7) is 2.76. The predicted octanol–water partition coefficient (Wildman–Crippen LogP) is 2.78. The van der Waals surface area contributed by atoms with Crippen molar-refractivity contribution in [3.05, 3.63) is 29.8 Å². The number of urea groups is 1. The highest BCUT2D eigenvalue weighted by molar-refractivity contribution is 5.74. The average Bonchev–Trinajstić information content (AvgIpc) is 2.63. The summed E-state index contributed by atoms with van der Waals surface area (Å²) in [5, 5.41) is 15.6. The summed E-state index contributed by atoms with van der Waals surface area (Å²) < 4.78 is 0. The SMILES string of the molecule is O=C(NCc1ccccc1N1CCCCC1)NC1CCC(O)CC1. The fourth-order valence-electron chi connectivity index (χ4n) is 3.74. The van der Waals surface area contributed by atoms with Crippen molar-refractivity contribution in [2.75, 3.05) is 18.0 Å². The van der Waals surface area contributed by atoms with Gasteiger partial charge in [-0.15, -0.1) is 0 Å². The van der Waals surface area contributed by atoms with Crippen LogP contribution in [0.3, 0.4) is 0 Å². The van der Waals surface area contributed by atoms with E-state index in [0.29, 0.717) is 6.54 Å². The second-order valence-corrected chi connectivity index (χ2v) is 7.01. The molecule has 1 aromatic carbocycles. The van der Waals surface area contributed by atoms with E-state index >= 15 is 0 Å². The van der Waals surface area contributed by atoms with E-state index in [4.69, 9.17) is 0 Å². The van der Waals surface area contributed by atoms with Gasteiger partial charge in [-0.05, 0) is 56.6 Å². The monoisotopic (exact) mass is 331 g/mol. The molecule has 2 amide bonds. The Morgan fingerprint density at radius 1 is 1.08 bits per heavy atom. The Morgan fingerprint density at radius 2 is 1.79 bits per heavy atom. The highest BCUT2D eigenvalue weighted by atomic mass is 16.3. The second-order valence-electron chi connectivity index (χ2n) is 7.01. The molecule has 1 aromatic rings. The maximum Gasteiger partial charge on any atom is 0.315 e. The van der Waals surface area contributed by atoms with E-state index in [1.807, 2.05) is 6.07 Å². The molecule has 0 aromatic heterocycles. The van der Waals surface area contributed by atoms with Gasteiger partial charge >= 0.3 is 6.03 Å². The molecular weight excluding hydrogens is 302 g/mol. The van der Waals surface area contributed by atoms with E-state index in [2.05, 4.69) is 33.7 Å². The van der Waals surface area contributed by atoms with Gasteiger partial charge in [0.15, 0.2) is 0 Å². The molecule has 0 atom stereocenters. The van der Waals surface area contributed by atoms with Crippen molar-refractivity contribution in [1.82, 2.24) is 10.6 Å². The van der Waals surface area contributed by atoms with E-state index in [0.717, 1.165) is 38.8 Å². The Bertz CT molecular complexity index is 535.